The number of hydrogen-bond acceptors (Lipinski definition) is 4. The third-order valence-electron chi connectivity index (χ3n) is 3.13. The average molecular weight is 284 g/mol. The Morgan fingerprint density at radius 2 is 2.00 bits per heavy atom. The molecule has 0 unspecified atom stereocenters. The van der Waals surface area contributed by atoms with Gasteiger partial charge in [0.15, 0.2) is 0 Å². The number of nitrogens with zero attached hydrogens (tertiary/aromatic N) is 1. The second kappa shape index (κ2) is 6.56. The van der Waals surface area contributed by atoms with E-state index in [0.29, 0.717) is 6.54 Å². The summed E-state index contributed by atoms with van der Waals surface area (Å²) in [6, 6.07) is 12.3. The summed E-state index contributed by atoms with van der Waals surface area (Å²) in [7, 11) is 1.62. The van der Waals surface area contributed by atoms with Gasteiger partial charge < -0.3 is 10.1 Å². The van der Waals surface area contributed by atoms with Crippen molar-refractivity contribution < 1.29 is 9.66 Å². The molecule has 0 spiro atoms. The first kappa shape index (κ1) is 14.6. The first-order valence-electron chi connectivity index (χ1n) is 6.41. The highest BCUT2D eigenvalue weighted by Crippen LogP contribution is 2.21. The van der Waals surface area contributed by atoms with E-state index in [4.69, 9.17) is 4.74 Å². The fourth-order valence-electron chi connectivity index (χ4n) is 1.95. The third-order valence-corrected chi connectivity index (χ3v) is 3.13. The molecule has 21 heavy (non-hydrogen) atoms. The molecule has 0 saturated heterocycles. The lowest BCUT2D eigenvalue weighted by atomic mass is 10.1. The van der Waals surface area contributed by atoms with Crippen molar-refractivity contribution in [1.29, 1.82) is 0 Å². The minimum Gasteiger partial charge on any atom is -0.497 e. The Morgan fingerprint density at radius 1 is 1.29 bits per heavy atom. The van der Waals surface area contributed by atoms with Crippen LogP contribution in [0.1, 0.15) is 11.1 Å². The Bertz CT molecular complexity index is 651. The summed E-state index contributed by atoms with van der Waals surface area (Å²) < 4.78 is 5.10. The van der Waals surface area contributed by atoms with E-state index in [2.05, 4.69) is 11.9 Å². The van der Waals surface area contributed by atoms with Crippen LogP contribution >= 0.6 is 0 Å². The Kier molecular flexibility index (Phi) is 4.56. The van der Waals surface area contributed by atoms with Crippen LogP contribution in [0.4, 0.5) is 11.4 Å². The highest BCUT2D eigenvalue weighted by Gasteiger charge is 2.08. The van der Waals surface area contributed by atoms with E-state index in [1.165, 1.54) is 12.1 Å². The SMILES string of the molecule is C=Cc1cc([N+](=O)[O-])ccc1CNc1ccc(OC)cc1. The molecular formula is C16H16N2O3. The molecule has 0 aliphatic rings. The van der Waals surface area contributed by atoms with E-state index in [-0.39, 0.29) is 5.69 Å². The normalized spacial score (nSPS) is 9.95. The molecule has 1 N–H and O–H groups in total. The van der Waals surface area contributed by atoms with E-state index >= 15 is 0 Å². The van der Waals surface area contributed by atoms with Gasteiger partial charge in [0.1, 0.15) is 5.75 Å². The smallest absolute Gasteiger partial charge is 0.270 e. The summed E-state index contributed by atoms with van der Waals surface area (Å²) in [6.07, 6.45) is 1.62. The molecule has 5 nitrogen and oxygen atoms in total. The zero-order valence-corrected chi connectivity index (χ0v) is 11.7. The molecule has 0 aliphatic carbocycles. The first-order valence-corrected chi connectivity index (χ1v) is 6.41. The van der Waals surface area contributed by atoms with Crippen molar-refractivity contribution in [3.8, 4) is 5.75 Å². The molecule has 0 aliphatic heterocycles. The van der Waals surface area contributed by atoms with Crippen LogP contribution in [0.3, 0.4) is 0 Å². The number of ether oxygens (including phenoxy) is 1. The number of benzene rings is 2. The lowest BCUT2D eigenvalue weighted by Gasteiger charge is -2.10. The number of rotatable bonds is 6. The number of anilines is 1. The summed E-state index contributed by atoms with van der Waals surface area (Å²) >= 11 is 0. The van der Waals surface area contributed by atoms with Crippen molar-refractivity contribution in [2.24, 2.45) is 0 Å². The first-order chi connectivity index (χ1) is 10.1. The molecule has 0 amide bonds. The highest BCUT2D eigenvalue weighted by molar-refractivity contribution is 5.57. The number of nitro groups is 1. The minimum absolute atomic E-state index is 0.0677. The largest absolute Gasteiger partial charge is 0.497 e. The van der Waals surface area contributed by atoms with Gasteiger partial charge >= 0.3 is 0 Å². The van der Waals surface area contributed by atoms with Crippen LogP contribution in [0.5, 0.6) is 5.75 Å². The van der Waals surface area contributed by atoms with Crippen molar-refractivity contribution in [3.63, 3.8) is 0 Å². The van der Waals surface area contributed by atoms with E-state index in [1.54, 1.807) is 19.3 Å². The topological polar surface area (TPSA) is 64.4 Å². The van der Waals surface area contributed by atoms with Crippen LogP contribution < -0.4 is 10.1 Å². The van der Waals surface area contributed by atoms with E-state index in [1.807, 2.05) is 24.3 Å². The van der Waals surface area contributed by atoms with Crippen LogP contribution in [0.2, 0.25) is 0 Å². The zero-order chi connectivity index (χ0) is 15.2. The second-order valence-corrected chi connectivity index (χ2v) is 4.43. The van der Waals surface area contributed by atoms with Gasteiger partial charge in [-0.25, -0.2) is 0 Å². The van der Waals surface area contributed by atoms with Crippen LogP contribution in [-0.2, 0) is 6.54 Å². The maximum Gasteiger partial charge on any atom is 0.270 e. The summed E-state index contributed by atoms with van der Waals surface area (Å²) in [5.41, 5.74) is 2.72. The van der Waals surface area contributed by atoms with Gasteiger partial charge in [-0.1, -0.05) is 12.7 Å². The van der Waals surface area contributed by atoms with Gasteiger partial charge in [-0.2, -0.15) is 0 Å². The maximum atomic E-state index is 10.8. The number of nitro benzene ring substituents is 1. The minimum atomic E-state index is -0.409. The second-order valence-electron chi connectivity index (χ2n) is 4.43. The molecule has 0 saturated carbocycles. The van der Waals surface area contributed by atoms with E-state index in [0.717, 1.165) is 22.6 Å². The molecule has 2 aromatic rings. The quantitative estimate of drug-likeness (QED) is 0.646. The summed E-state index contributed by atoms with van der Waals surface area (Å²) in [5, 5.41) is 14.0. The van der Waals surface area contributed by atoms with Gasteiger partial charge in [0.25, 0.3) is 5.69 Å². The Balaban J connectivity index is 2.11. The molecule has 0 atom stereocenters. The standard InChI is InChI=1S/C16H16N2O3/c1-3-12-10-15(18(19)20)7-4-13(12)11-17-14-5-8-16(21-2)9-6-14/h3-10,17H,1,11H2,2H3. The summed E-state index contributed by atoms with van der Waals surface area (Å²) in [6.45, 7) is 4.26. The Morgan fingerprint density at radius 3 is 2.57 bits per heavy atom. The van der Waals surface area contributed by atoms with Crippen molar-refractivity contribution >= 4 is 17.5 Å². The lowest BCUT2D eigenvalue weighted by molar-refractivity contribution is -0.384. The van der Waals surface area contributed by atoms with Crippen LogP contribution in [-0.4, -0.2) is 12.0 Å². The number of nitrogens with one attached hydrogen (secondary N) is 1. The van der Waals surface area contributed by atoms with Crippen molar-refractivity contribution in [3.05, 3.63) is 70.3 Å². The molecule has 0 aromatic heterocycles. The number of non-ortho nitro benzene ring substituents is 1. The molecule has 108 valence electrons. The van der Waals surface area contributed by atoms with Gasteiger partial charge in [-0.15, -0.1) is 0 Å². The van der Waals surface area contributed by atoms with Crippen molar-refractivity contribution in [1.82, 2.24) is 0 Å². The zero-order valence-electron chi connectivity index (χ0n) is 11.7. The lowest BCUT2D eigenvalue weighted by Crippen LogP contribution is -2.02. The van der Waals surface area contributed by atoms with Crippen LogP contribution in [0.15, 0.2) is 49.0 Å². The van der Waals surface area contributed by atoms with Crippen LogP contribution in [0.25, 0.3) is 6.08 Å². The highest BCUT2D eigenvalue weighted by atomic mass is 16.6. The van der Waals surface area contributed by atoms with Crippen molar-refractivity contribution in [2.45, 2.75) is 6.54 Å². The fourth-order valence-corrected chi connectivity index (χ4v) is 1.95. The molecule has 0 fully saturated rings. The van der Waals surface area contributed by atoms with Gasteiger partial charge in [-0.05, 0) is 41.5 Å². The molecule has 0 heterocycles. The monoisotopic (exact) mass is 284 g/mol. The van der Waals surface area contributed by atoms with Gasteiger partial charge in [0, 0.05) is 24.4 Å². The average Bonchev–Trinajstić information content (AvgIpc) is 2.53. The fraction of sp³-hybridized carbons (Fsp3) is 0.125. The van der Waals surface area contributed by atoms with Crippen molar-refractivity contribution in [2.75, 3.05) is 12.4 Å². The molecular weight excluding hydrogens is 268 g/mol. The summed E-state index contributed by atoms with van der Waals surface area (Å²) in [5.74, 6) is 0.794. The van der Waals surface area contributed by atoms with Gasteiger partial charge in [0.05, 0.1) is 12.0 Å². The molecule has 2 aromatic carbocycles. The van der Waals surface area contributed by atoms with E-state index in [9.17, 15) is 10.1 Å². The van der Waals surface area contributed by atoms with Crippen LogP contribution in [0, 0.1) is 10.1 Å². The summed E-state index contributed by atoms with van der Waals surface area (Å²) in [4.78, 5) is 10.4. The Hall–Kier alpha value is -2.82. The molecule has 0 radical (unpaired) electrons. The van der Waals surface area contributed by atoms with Gasteiger partial charge in [0.2, 0.25) is 0 Å². The Labute approximate surface area is 123 Å². The maximum absolute atomic E-state index is 10.8. The van der Waals surface area contributed by atoms with Gasteiger partial charge in [-0.3, -0.25) is 10.1 Å². The molecule has 5 heteroatoms. The van der Waals surface area contributed by atoms with E-state index < -0.39 is 4.92 Å². The number of methoxy groups -OCH3 is 1. The molecule has 0 bridgehead atoms. The predicted octanol–water partition coefficient (Wildman–Crippen LogP) is 3.86. The number of hydrogen-bond donors (Lipinski definition) is 1. The third kappa shape index (κ3) is 3.60. The molecule has 2 rings (SSSR count). The predicted molar refractivity (Wildman–Crippen MR) is 83.5 cm³/mol.